The van der Waals surface area contributed by atoms with Crippen LogP contribution in [0, 0.1) is 0 Å². The van der Waals surface area contributed by atoms with Gasteiger partial charge in [0.05, 0.1) is 31.4 Å². The van der Waals surface area contributed by atoms with Gasteiger partial charge in [0.25, 0.3) is 5.56 Å². The van der Waals surface area contributed by atoms with Crippen molar-refractivity contribution >= 4 is 10.9 Å². The van der Waals surface area contributed by atoms with Gasteiger partial charge in [-0.05, 0) is 19.1 Å². The zero-order chi connectivity index (χ0) is 16.4. The van der Waals surface area contributed by atoms with Crippen LogP contribution < -0.4 is 15.0 Å². The summed E-state index contributed by atoms with van der Waals surface area (Å²) in [6.45, 7) is 5.46. The van der Waals surface area contributed by atoms with Gasteiger partial charge >= 0.3 is 0 Å². The molecule has 5 nitrogen and oxygen atoms in total. The topological polar surface area (TPSA) is 60.7 Å². The predicted octanol–water partition coefficient (Wildman–Crippen LogP) is 2.04. The molecule has 1 aromatic heterocycles. The number of pyridine rings is 1. The number of rotatable bonds is 5. The van der Waals surface area contributed by atoms with E-state index in [1.54, 1.807) is 27.1 Å². The normalized spacial score (nSPS) is 12.2. The number of aliphatic hydroxyl groups is 1. The first-order chi connectivity index (χ1) is 10.4. The average Bonchev–Trinajstić information content (AvgIpc) is 2.51. The van der Waals surface area contributed by atoms with E-state index in [2.05, 4.69) is 6.58 Å². The third kappa shape index (κ3) is 2.60. The van der Waals surface area contributed by atoms with Crippen molar-refractivity contribution in [2.45, 2.75) is 19.4 Å². The van der Waals surface area contributed by atoms with Crippen molar-refractivity contribution in [1.29, 1.82) is 0 Å². The van der Waals surface area contributed by atoms with Crippen LogP contribution in [0.4, 0.5) is 0 Å². The zero-order valence-electron chi connectivity index (χ0n) is 13.3. The van der Waals surface area contributed by atoms with E-state index < -0.39 is 6.10 Å². The summed E-state index contributed by atoms with van der Waals surface area (Å²) in [5, 5.41) is 10.8. The minimum absolute atomic E-state index is 0.165. The number of benzene rings is 1. The number of para-hydroxylation sites is 1. The lowest BCUT2D eigenvalue weighted by atomic mass is 10.0. The van der Waals surface area contributed by atoms with Gasteiger partial charge in [0.15, 0.2) is 0 Å². The molecule has 1 N–H and O–H groups in total. The number of methoxy groups -OCH3 is 2. The lowest BCUT2D eigenvalue weighted by Crippen LogP contribution is -2.26. The molecule has 0 aliphatic heterocycles. The van der Waals surface area contributed by atoms with Crippen LogP contribution in [0.2, 0.25) is 0 Å². The average molecular weight is 303 g/mol. The number of hydrogen-bond acceptors (Lipinski definition) is 4. The molecule has 0 radical (unpaired) electrons. The highest BCUT2D eigenvalue weighted by Crippen LogP contribution is 2.33. The number of aromatic nitrogens is 1. The van der Waals surface area contributed by atoms with Gasteiger partial charge in [-0.25, -0.2) is 0 Å². The van der Waals surface area contributed by atoms with E-state index in [0.29, 0.717) is 28.2 Å². The minimum Gasteiger partial charge on any atom is -0.496 e. The summed E-state index contributed by atoms with van der Waals surface area (Å²) in [6, 6.07) is 5.50. The molecule has 1 aromatic carbocycles. The third-order valence-corrected chi connectivity index (χ3v) is 3.81. The second-order valence-electron chi connectivity index (χ2n) is 5.30. The Kier molecular flexibility index (Phi) is 4.56. The second kappa shape index (κ2) is 6.23. The van der Waals surface area contributed by atoms with E-state index in [1.165, 1.54) is 11.7 Å². The maximum Gasteiger partial charge on any atom is 0.257 e. The fraction of sp³-hybridized carbons (Fsp3) is 0.353. The highest BCUT2D eigenvalue weighted by molar-refractivity contribution is 5.91. The monoisotopic (exact) mass is 303 g/mol. The largest absolute Gasteiger partial charge is 0.496 e. The van der Waals surface area contributed by atoms with Crippen LogP contribution in [-0.4, -0.2) is 30.0 Å². The first-order valence-corrected chi connectivity index (χ1v) is 6.98. The molecule has 0 aliphatic rings. The van der Waals surface area contributed by atoms with Crippen molar-refractivity contribution in [3.8, 4) is 11.5 Å². The Labute approximate surface area is 129 Å². The van der Waals surface area contributed by atoms with Gasteiger partial charge < -0.3 is 19.1 Å². The van der Waals surface area contributed by atoms with Crippen LogP contribution in [0.25, 0.3) is 10.9 Å². The van der Waals surface area contributed by atoms with E-state index >= 15 is 0 Å². The summed E-state index contributed by atoms with van der Waals surface area (Å²) in [7, 11) is 4.76. The summed E-state index contributed by atoms with van der Waals surface area (Å²) in [4.78, 5) is 12.7. The second-order valence-corrected chi connectivity index (χ2v) is 5.30. The van der Waals surface area contributed by atoms with E-state index in [4.69, 9.17) is 9.47 Å². The Morgan fingerprint density at radius 1 is 1.36 bits per heavy atom. The van der Waals surface area contributed by atoms with Crippen LogP contribution in [-0.2, 0) is 13.5 Å². The van der Waals surface area contributed by atoms with Gasteiger partial charge in [-0.1, -0.05) is 18.2 Å². The number of aryl methyl sites for hydroxylation is 1. The van der Waals surface area contributed by atoms with E-state index in [0.717, 1.165) is 5.39 Å². The molecule has 0 amide bonds. The first-order valence-electron chi connectivity index (χ1n) is 6.98. The molecule has 0 fully saturated rings. The maximum atomic E-state index is 12.7. The molecule has 5 heteroatoms. The summed E-state index contributed by atoms with van der Waals surface area (Å²) in [5.41, 5.74) is 1.49. The van der Waals surface area contributed by atoms with Crippen molar-refractivity contribution in [3.63, 3.8) is 0 Å². The van der Waals surface area contributed by atoms with Crippen molar-refractivity contribution in [1.82, 2.24) is 4.57 Å². The number of nitrogens with zero attached hydrogens (tertiary/aromatic N) is 1. The van der Waals surface area contributed by atoms with Gasteiger partial charge in [-0.3, -0.25) is 4.79 Å². The van der Waals surface area contributed by atoms with Crippen molar-refractivity contribution < 1.29 is 14.6 Å². The molecule has 1 heterocycles. The fourth-order valence-corrected chi connectivity index (χ4v) is 2.56. The summed E-state index contributed by atoms with van der Waals surface area (Å²) >= 11 is 0. The van der Waals surface area contributed by atoms with Crippen LogP contribution in [0.5, 0.6) is 11.5 Å². The molecule has 118 valence electrons. The number of fused-ring (bicyclic) bond motifs is 1. The van der Waals surface area contributed by atoms with Crippen molar-refractivity contribution in [3.05, 3.63) is 46.3 Å². The van der Waals surface area contributed by atoms with E-state index in [9.17, 15) is 9.90 Å². The SMILES string of the molecule is C=C(C)[C@H](O)Cc1c(OC)c2cccc(OC)c2n(C)c1=O. The van der Waals surface area contributed by atoms with E-state index in [1.807, 2.05) is 12.1 Å². The van der Waals surface area contributed by atoms with Crippen molar-refractivity contribution in [2.75, 3.05) is 14.2 Å². The Balaban J connectivity index is 2.81. The lowest BCUT2D eigenvalue weighted by Gasteiger charge is -2.18. The smallest absolute Gasteiger partial charge is 0.257 e. The van der Waals surface area contributed by atoms with Crippen molar-refractivity contribution in [2.24, 2.45) is 7.05 Å². The van der Waals surface area contributed by atoms with Gasteiger partial charge in [0, 0.05) is 18.9 Å². The molecule has 0 spiro atoms. The summed E-state index contributed by atoms with van der Waals surface area (Å²) in [6.07, 6.45) is -0.622. The lowest BCUT2D eigenvalue weighted by molar-refractivity contribution is 0.210. The number of hydrogen-bond donors (Lipinski definition) is 1. The van der Waals surface area contributed by atoms with Gasteiger partial charge in [-0.2, -0.15) is 0 Å². The molecule has 0 saturated heterocycles. The van der Waals surface area contributed by atoms with E-state index in [-0.39, 0.29) is 12.0 Å². The molecular weight excluding hydrogens is 282 g/mol. The molecule has 2 aromatic rings. The number of aliphatic hydroxyl groups excluding tert-OH is 1. The molecule has 0 saturated carbocycles. The minimum atomic E-state index is -0.787. The summed E-state index contributed by atoms with van der Waals surface area (Å²) in [5.74, 6) is 1.07. The highest BCUT2D eigenvalue weighted by atomic mass is 16.5. The van der Waals surface area contributed by atoms with Gasteiger partial charge in [0.1, 0.15) is 11.5 Å². The highest BCUT2D eigenvalue weighted by Gasteiger charge is 2.20. The molecular formula is C17H21NO4. The number of ether oxygens (including phenoxy) is 2. The molecule has 22 heavy (non-hydrogen) atoms. The molecule has 2 rings (SSSR count). The Morgan fingerprint density at radius 3 is 2.59 bits per heavy atom. The maximum absolute atomic E-state index is 12.7. The Hall–Kier alpha value is -2.27. The fourth-order valence-electron chi connectivity index (χ4n) is 2.56. The predicted molar refractivity (Wildman–Crippen MR) is 86.8 cm³/mol. The van der Waals surface area contributed by atoms with Gasteiger partial charge in [0.2, 0.25) is 0 Å². The Morgan fingerprint density at radius 2 is 2.05 bits per heavy atom. The van der Waals surface area contributed by atoms with Gasteiger partial charge in [-0.15, -0.1) is 0 Å². The third-order valence-electron chi connectivity index (χ3n) is 3.81. The molecule has 0 unspecified atom stereocenters. The summed E-state index contributed by atoms with van der Waals surface area (Å²) < 4.78 is 12.3. The van der Waals surface area contributed by atoms with Crippen LogP contribution in [0.3, 0.4) is 0 Å². The molecule has 1 atom stereocenters. The standard InChI is InChI=1S/C17H21NO4/c1-10(2)13(19)9-12-16(22-5)11-7-6-8-14(21-4)15(11)18(3)17(12)20/h6-8,13,19H,1,9H2,2-5H3/t13-/m1/s1. The quantitative estimate of drug-likeness (QED) is 0.859. The van der Waals surface area contributed by atoms with Crippen LogP contribution in [0.1, 0.15) is 12.5 Å². The molecule has 0 bridgehead atoms. The van der Waals surface area contributed by atoms with Crippen LogP contribution in [0.15, 0.2) is 35.1 Å². The van der Waals surface area contributed by atoms with Crippen LogP contribution >= 0.6 is 0 Å². The first kappa shape index (κ1) is 16.1. The Bertz CT molecular complexity index is 776. The zero-order valence-corrected chi connectivity index (χ0v) is 13.3. The molecule has 0 aliphatic carbocycles.